The van der Waals surface area contributed by atoms with Crippen LogP contribution in [0.5, 0.6) is 0 Å². The monoisotopic (exact) mass is 307 g/mol. The standard InChI is InChI=1S/C15H18FN3OS/c1-3-7-17-14-12(5-4-6-13(14)16)15(20)19(2)8-11-9-21-10-18-11/h4-6,9-10,17H,3,7-8H2,1-2H3. The molecule has 0 aliphatic heterocycles. The molecule has 112 valence electrons. The summed E-state index contributed by atoms with van der Waals surface area (Å²) < 4.78 is 13.9. The maximum absolute atomic E-state index is 13.9. The number of nitrogens with zero attached hydrogens (tertiary/aromatic N) is 2. The number of aromatic nitrogens is 1. The largest absolute Gasteiger partial charge is 0.382 e. The Hall–Kier alpha value is -1.95. The molecule has 0 fully saturated rings. The van der Waals surface area contributed by atoms with E-state index in [9.17, 15) is 9.18 Å². The number of amides is 1. The number of halogens is 1. The number of rotatable bonds is 6. The summed E-state index contributed by atoms with van der Waals surface area (Å²) in [6, 6.07) is 4.55. The minimum absolute atomic E-state index is 0.221. The SMILES string of the molecule is CCCNc1c(F)cccc1C(=O)N(C)Cc1cscn1. The number of thiazole rings is 1. The Morgan fingerprint density at radius 1 is 1.48 bits per heavy atom. The molecule has 1 amide bonds. The number of anilines is 1. The molecule has 0 aliphatic rings. The van der Waals surface area contributed by atoms with Gasteiger partial charge in [-0.05, 0) is 18.6 Å². The van der Waals surface area contributed by atoms with Crippen LogP contribution in [0.1, 0.15) is 29.4 Å². The van der Waals surface area contributed by atoms with Crippen LogP contribution in [0.2, 0.25) is 0 Å². The molecule has 1 aromatic carbocycles. The fourth-order valence-electron chi connectivity index (χ4n) is 1.97. The zero-order chi connectivity index (χ0) is 15.2. The third-order valence-corrected chi connectivity index (χ3v) is 3.66. The summed E-state index contributed by atoms with van der Waals surface area (Å²) in [5.74, 6) is -0.627. The summed E-state index contributed by atoms with van der Waals surface area (Å²) in [5, 5.41) is 4.88. The smallest absolute Gasteiger partial charge is 0.256 e. The van der Waals surface area contributed by atoms with Crippen LogP contribution >= 0.6 is 11.3 Å². The molecule has 1 heterocycles. The fourth-order valence-corrected chi connectivity index (χ4v) is 2.52. The lowest BCUT2D eigenvalue weighted by Gasteiger charge is -2.19. The van der Waals surface area contributed by atoms with Crippen LogP contribution in [0, 0.1) is 5.82 Å². The predicted octanol–water partition coefficient (Wildman–Crippen LogP) is 3.38. The quantitative estimate of drug-likeness (QED) is 0.890. The average Bonchev–Trinajstić information content (AvgIpc) is 2.98. The van der Waals surface area contributed by atoms with E-state index in [1.165, 1.54) is 17.4 Å². The number of carbonyl (C=O) groups is 1. The van der Waals surface area contributed by atoms with Crippen LogP contribution in [-0.2, 0) is 6.54 Å². The molecule has 0 atom stereocenters. The lowest BCUT2D eigenvalue weighted by Crippen LogP contribution is -2.27. The van der Waals surface area contributed by atoms with Gasteiger partial charge in [0.05, 0.1) is 29.0 Å². The summed E-state index contributed by atoms with van der Waals surface area (Å²) in [5.41, 5.74) is 3.18. The Morgan fingerprint density at radius 3 is 2.95 bits per heavy atom. The molecule has 4 nitrogen and oxygen atoms in total. The van der Waals surface area contributed by atoms with Crippen molar-refractivity contribution in [3.63, 3.8) is 0 Å². The minimum Gasteiger partial charge on any atom is -0.382 e. The van der Waals surface area contributed by atoms with E-state index < -0.39 is 5.82 Å². The van der Waals surface area contributed by atoms with E-state index in [-0.39, 0.29) is 11.6 Å². The topological polar surface area (TPSA) is 45.2 Å². The molecule has 0 radical (unpaired) electrons. The van der Waals surface area contributed by atoms with Gasteiger partial charge in [0.2, 0.25) is 0 Å². The number of hydrogen-bond acceptors (Lipinski definition) is 4. The molecular formula is C15H18FN3OS. The van der Waals surface area contributed by atoms with Crippen LogP contribution in [0.15, 0.2) is 29.1 Å². The molecule has 0 saturated heterocycles. The van der Waals surface area contributed by atoms with Crippen LogP contribution in [-0.4, -0.2) is 29.4 Å². The molecule has 1 N–H and O–H groups in total. The van der Waals surface area contributed by atoms with E-state index in [2.05, 4.69) is 10.3 Å². The highest BCUT2D eigenvalue weighted by molar-refractivity contribution is 7.07. The summed E-state index contributed by atoms with van der Waals surface area (Å²) >= 11 is 1.48. The van der Waals surface area contributed by atoms with E-state index in [4.69, 9.17) is 0 Å². The zero-order valence-electron chi connectivity index (χ0n) is 12.1. The first-order valence-corrected chi connectivity index (χ1v) is 7.72. The van der Waals surface area contributed by atoms with E-state index in [0.29, 0.717) is 18.7 Å². The van der Waals surface area contributed by atoms with Crippen LogP contribution in [0.25, 0.3) is 0 Å². The van der Waals surface area contributed by atoms with Crippen LogP contribution in [0.3, 0.4) is 0 Å². The molecule has 0 bridgehead atoms. The number of para-hydroxylation sites is 1. The van der Waals surface area contributed by atoms with Gasteiger partial charge in [-0.3, -0.25) is 4.79 Å². The second-order valence-corrected chi connectivity index (χ2v) is 5.45. The Morgan fingerprint density at radius 2 is 2.29 bits per heavy atom. The van der Waals surface area contributed by atoms with Gasteiger partial charge < -0.3 is 10.2 Å². The van der Waals surface area contributed by atoms with Gasteiger partial charge in [0.25, 0.3) is 5.91 Å². The van der Waals surface area contributed by atoms with Gasteiger partial charge in [-0.1, -0.05) is 13.0 Å². The highest BCUT2D eigenvalue weighted by atomic mass is 32.1. The molecule has 2 rings (SSSR count). The molecule has 1 aromatic heterocycles. The average molecular weight is 307 g/mol. The lowest BCUT2D eigenvalue weighted by molar-refractivity contribution is 0.0784. The number of hydrogen-bond donors (Lipinski definition) is 1. The van der Waals surface area contributed by atoms with E-state index in [1.54, 1.807) is 29.6 Å². The van der Waals surface area contributed by atoms with Crippen molar-refractivity contribution in [3.8, 4) is 0 Å². The Balaban J connectivity index is 2.19. The lowest BCUT2D eigenvalue weighted by atomic mass is 10.1. The second kappa shape index (κ2) is 7.17. The van der Waals surface area contributed by atoms with E-state index in [0.717, 1.165) is 12.1 Å². The van der Waals surface area contributed by atoms with Crippen molar-refractivity contribution in [1.82, 2.24) is 9.88 Å². The van der Waals surface area contributed by atoms with Gasteiger partial charge in [0.1, 0.15) is 5.82 Å². The molecule has 0 aliphatic carbocycles. The molecule has 0 saturated carbocycles. The van der Waals surface area contributed by atoms with E-state index in [1.807, 2.05) is 12.3 Å². The Labute approximate surface area is 127 Å². The predicted molar refractivity (Wildman–Crippen MR) is 83.1 cm³/mol. The number of nitrogens with one attached hydrogen (secondary N) is 1. The maximum atomic E-state index is 13.9. The number of benzene rings is 1. The Kier molecular flexibility index (Phi) is 5.27. The van der Waals surface area contributed by atoms with Gasteiger partial charge >= 0.3 is 0 Å². The summed E-state index contributed by atoms with van der Waals surface area (Å²) in [7, 11) is 1.69. The van der Waals surface area contributed by atoms with Crippen molar-refractivity contribution in [2.75, 3.05) is 18.9 Å². The van der Waals surface area contributed by atoms with Crippen molar-refractivity contribution in [3.05, 3.63) is 46.2 Å². The summed E-state index contributed by atoms with van der Waals surface area (Å²) in [4.78, 5) is 18.2. The minimum atomic E-state index is -0.406. The third kappa shape index (κ3) is 3.78. The van der Waals surface area contributed by atoms with Gasteiger partial charge in [0.15, 0.2) is 0 Å². The normalized spacial score (nSPS) is 10.4. The maximum Gasteiger partial charge on any atom is 0.256 e. The van der Waals surface area contributed by atoms with Gasteiger partial charge in [-0.15, -0.1) is 11.3 Å². The highest BCUT2D eigenvalue weighted by Crippen LogP contribution is 2.22. The molecule has 0 spiro atoms. The summed E-state index contributed by atoms with van der Waals surface area (Å²) in [6.45, 7) is 3.02. The molecule has 2 aromatic rings. The molecule has 6 heteroatoms. The van der Waals surface area contributed by atoms with E-state index >= 15 is 0 Å². The van der Waals surface area contributed by atoms with Crippen molar-refractivity contribution >= 4 is 22.9 Å². The number of carbonyl (C=O) groups excluding carboxylic acids is 1. The Bertz CT molecular complexity index is 601. The van der Waals surface area contributed by atoms with Crippen LogP contribution in [0.4, 0.5) is 10.1 Å². The zero-order valence-corrected chi connectivity index (χ0v) is 12.9. The van der Waals surface area contributed by atoms with Gasteiger partial charge in [-0.2, -0.15) is 0 Å². The van der Waals surface area contributed by atoms with Gasteiger partial charge in [-0.25, -0.2) is 9.37 Å². The first-order valence-electron chi connectivity index (χ1n) is 6.78. The van der Waals surface area contributed by atoms with Crippen molar-refractivity contribution in [1.29, 1.82) is 0 Å². The molecule has 21 heavy (non-hydrogen) atoms. The van der Waals surface area contributed by atoms with Crippen LogP contribution < -0.4 is 5.32 Å². The van der Waals surface area contributed by atoms with Gasteiger partial charge in [0, 0.05) is 19.0 Å². The molecular weight excluding hydrogens is 289 g/mol. The van der Waals surface area contributed by atoms with Crippen molar-refractivity contribution < 1.29 is 9.18 Å². The first-order chi connectivity index (χ1) is 10.1. The first kappa shape index (κ1) is 15.4. The molecule has 0 unspecified atom stereocenters. The highest BCUT2D eigenvalue weighted by Gasteiger charge is 2.18. The summed E-state index contributed by atoms with van der Waals surface area (Å²) in [6.07, 6.45) is 0.858. The fraction of sp³-hybridized carbons (Fsp3) is 0.333. The second-order valence-electron chi connectivity index (χ2n) is 4.73. The van der Waals surface area contributed by atoms with Crippen molar-refractivity contribution in [2.45, 2.75) is 19.9 Å². The third-order valence-electron chi connectivity index (χ3n) is 3.03. The van der Waals surface area contributed by atoms with Crippen molar-refractivity contribution in [2.24, 2.45) is 0 Å².